The Morgan fingerprint density at radius 2 is 1.69 bits per heavy atom. The molecular weight excluding hydrogens is 434 g/mol. The zero-order valence-corrected chi connectivity index (χ0v) is 20.2. The number of rotatable bonds is 6. The summed E-state index contributed by atoms with van der Waals surface area (Å²) >= 11 is 0. The molecular formula is C31H29NO3. The van der Waals surface area contributed by atoms with Gasteiger partial charge in [0, 0.05) is 23.6 Å². The quantitative estimate of drug-likeness (QED) is 0.217. The third kappa shape index (κ3) is 4.97. The molecule has 4 aromatic rings. The molecule has 0 radical (unpaired) electrons. The van der Waals surface area contributed by atoms with E-state index in [-0.39, 0.29) is 11.9 Å². The molecule has 1 atom stereocenters. The van der Waals surface area contributed by atoms with Crippen LogP contribution in [0.5, 0.6) is 5.75 Å². The molecule has 0 aliphatic heterocycles. The molecule has 0 saturated heterocycles. The van der Waals surface area contributed by atoms with Gasteiger partial charge in [-0.1, -0.05) is 78.9 Å². The molecule has 1 aliphatic rings. The molecule has 0 bridgehead atoms. The normalized spacial score (nSPS) is 15.5. The first-order chi connectivity index (χ1) is 17.1. The molecule has 5 rings (SSSR count). The van der Waals surface area contributed by atoms with Gasteiger partial charge in [-0.3, -0.25) is 4.79 Å². The van der Waals surface area contributed by atoms with Gasteiger partial charge in [0.25, 0.3) is 0 Å². The first-order valence-electron chi connectivity index (χ1n) is 12.2. The van der Waals surface area contributed by atoms with Gasteiger partial charge in [-0.2, -0.15) is 0 Å². The Morgan fingerprint density at radius 1 is 0.971 bits per heavy atom. The maximum Gasteiger partial charge on any atom is 0.308 e. The van der Waals surface area contributed by atoms with Crippen LogP contribution in [-0.4, -0.2) is 11.0 Å². The monoisotopic (exact) mass is 463 g/mol. The van der Waals surface area contributed by atoms with E-state index >= 15 is 0 Å². The van der Waals surface area contributed by atoms with E-state index in [2.05, 4.69) is 36.4 Å². The largest absolute Gasteiger partial charge is 0.436 e. The second-order valence-electron chi connectivity index (χ2n) is 9.05. The van der Waals surface area contributed by atoms with Crippen molar-refractivity contribution in [1.82, 2.24) is 4.98 Å². The lowest BCUT2D eigenvalue weighted by atomic mass is 9.82. The van der Waals surface area contributed by atoms with Crippen LogP contribution in [-0.2, 0) is 11.2 Å². The average Bonchev–Trinajstić information content (AvgIpc) is 3.33. The van der Waals surface area contributed by atoms with E-state index in [1.54, 1.807) is 0 Å². The highest BCUT2D eigenvalue weighted by molar-refractivity contribution is 5.79. The molecule has 0 amide bonds. The molecule has 1 heterocycles. The molecule has 0 spiro atoms. The van der Waals surface area contributed by atoms with E-state index in [0.29, 0.717) is 11.6 Å². The van der Waals surface area contributed by atoms with Gasteiger partial charge in [0.05, 0.1) is 0 Å². The maximum atomic E-state index is 11.5. The first-order valence-corrected chi connectivity index (χ1v) is 12.2. The predicted octanol–water partition coefficient (Wildman–Crippen LogP) is 7.67. The molecule has 1 unspecified atom stereocenters. The Labute approximate surface area is 206 Å². The summed E-state index contributed by atoms with van der Waals surface area (Å²) in [6, 6.07) is 26.3. The number of allylic oxidation sites excluding steroid dienone is 2. The molecule has 1 aromatic heterocycles. The van der Waals surface area contributed by atoms with Gasteiger partial charge in [0.2, 0.25) is 5.89 Å². The fraction of sp³-hybridized carbons (Fsp3) is 0.226. The zero-order chi connectivity index (χ0) is 24.2. The fourth-order valence-electron chi connectivity index (χ4n) is 4.85. The second kappa shape index (κ2) is 10.1. The number of nitrogens with zero attached hydrogens (tertiary/aromatic N) is 1. The molecule has 176 valence electrons. The van der Waals surface area contributed by atoms with Gasteiger partial charge in [0.1, 0.15) is 11.4 Å². The third-order valence-corrected chi connectivity index (χ3v) is 6.63. The summed E-state index contributed by atoms with van der Waals surface area (Å²) in [5, 5.41) is 0. The summed E-state index contributed by atoms with van der Waals surface area (Å²) in [5.74, 6) is 2.10. The number of ether oxygens (including phenoxy) is 1. The number of esters is 1. The Morgan fingerprint density at radius 3 is 2.40 bits per heavy atom. The minimum absolute atomic E-state index is 0.279. The summed E-state index contributed by atoms with van der Waals surface area (Å²) in [4.78, 5) is 16.6. The number of oxazole rings is 1. The lowest BCUT2D eigenvalue weighted by molar-refractivity contribution is -0.131. The van der Waals surface area contributed by atoms with Crippen molar-refractivity contribution in [1.29, 1.82) is 0 Å². The van der Waals surface area contributed by atoms with Gasteiger partial charge >= 0.3 is 5.97 Å². The fourth-order valence-corrected chi connectivity index (χ4v) is 4.85. The van der Waals surface area contributed by atoms with E-state index in [4.69, 9.17) is 14.1 Å². The van der Waals surface area contributed by atoms with Crippen molar-refractivity contribution in [2.75, 3.05) is 0 Å². The molecule has 4 nitrogen and oxygen atoms in total. The van der Waals surface area contributed by atoms with Crippen molar-refractivity contribution < 1.29 is 13.9 Å². The van der Waals surface area contributed by atoms with Crippen LogP contribution < -0.4 is 4.74 Å². The van der Waals surface area contributed by atoms with Crippen molar-refractivity contribution in [3.63, 3.8) is 0 Å². The van der Waals surface area contributed by atoms with Gasteiger partial charge in [-0.05, 0) is 55.7 Å². The lowest BCUT2D eigenvalue weighted by Gasteiger charge is -2.23. The molecule has 3 aromatic carbocycles. The summed E-state index contributed by atoms with van der Waals surface area (Å²) < 4.78 is 11.9. The summed E-state index contributed by atoms with van der Waals surface area (Å²) in [6.07, 6.45) is 6.34. The minimum atomic E-state index is -0.301. The summed E-state index contributed by atoms with van der Waals surface area (Å²) in [7, 11) is 0. The van der Waals surface area contributed by atoms with Gasteiger partial charge in [-0.15, -0.1) is 0 Å². The van der Waals surface area contributed by atoms with Crippen LogP contribution in [0.1, 0.15) is 43.2 Å². The van der Waals surface area contributed by atoms with Gasteiger partial charge < -0.3 is 9.15 Å². The van der Waals surface area contributed by atoms with E-state index in [0.717, 1.165) is 59.4 Å². The number of carbonyl (C=O) groups excluding carboxylic acids is 1. The molecule has 0 saturated carbocycles. The number of carbonyl (C=O) groups is 1. The van der Waals surface area contributed by atoms with Crippen molar-refractivity contribution in [2.45, 2.75) is 39.5 Å². The van der Waals surface area contributed by atoms with Gasteiger partial charge in [-0.25, -0.2) is 4.98 Å². The lowest BCUT2D eigenvalue weighted by Crippen LogP contribution is -2.13. The van der Waals surface area contributed by atoms with Crippen molar-refractivity contribution in [3.8, 4) is 28.3 Å². The van der Waals surface area contributed by atoms with E-state index in [9.17, 15) is 4.79 Å². The van der Waals surface area contributed by atoms with Crippen molar-refractivity contribution >= 4 is 11.5 Å². The number of benzene rings is 3. The van der Waals surface area contributed by atoms with Crippen LogP contribution in [0.25, 0.3) is 28.2 Å². The zero-order valence-electron chi connectivity index (χ0n) is 20.2. The Kier molecular flexibility index (Phi) is 6.62. The highest BCUT2D eigenvalue weighted by Crippen LogP contribution is 2.40. The van der Waals surface area contributed by atoms with Crippen LogP contribution in [0.4, 0.5) is 0 Å². The second-order valence-corrected chi connectivity index (χ2v) is 9.05. The number of hydrogen-bond acceptors (Lipinski definition) is 4. The van der Waals surface area contributed by atoms with Crippen molar-refractivity contribution in [2.24, 2.45) is 5.92 Å². The van der Waals surface area contributed by atoms with Crippen LogP contribution in [0.15, 0.2) is 89.4 Å². The highest BCUT2D eigenvalue weighted by Gasteiger charge is 2.27. The molecule has 0 fully saturated rings. The standard InChI is InChI=1S/C31H29NO3/c1-21-25(17-11-19-28(21)34-22(2)33)20-26-16-9-10-18-27(26)31-32-29(23-12-5-3-6-13-23)30(35-31)24-14-7-4-8-15-24/h3-8,11-15,17-19,26H,9-10,16,20H2,1-2H3. The molecule has 1 aliphatic carbocycles. The van der Waals surface area contributed by atoms with Crippen LogP contribution in [0.2, 0.25) is 0 Å². The summed E-state index contributed by atoms with van der Waals surface area (Å²) in [6.45, 7) is 3.46. The number of hydrogen-bond donors (Lipinski definition) is 0. The van der Waals surface area contributed by atoms with E-state index < -0.39 is 0 Å². The first kappa shape index (κ1) is 22.9. The Balaban J connectivity index is 1.52. The smallest absolute Gasteiger partial charge is 0.308 e. The summed E-state index contributed by atoms with van der Waals surface area (Å²) in [5.41, 5.74) is 6.27. The number of aromatic nitrogens is 1. The van der Waals surface area contributed by atoms with Crippen LogP contribution in [0.3, 0.4) is 0 Å². The SMILES string of the molecule is CC(=O)Oc1cccc(CC2CCCC=C2c2nc(-c3ccccc3)c(-c3ccccc3)o2)c1C. The topological polar surface area (TPSA) is 52.3 Å². The average molecular weight is 464 g/mol. The molecule has 0 N–H and O–H groups in total. The minimum Gasteiger partial charge on any atom is -0.436 e. The third-order valence-electron chi connectivity index (χ3n) is 6.63. The Hall–Kier alpha value is -3.92. The van der Waals surface area contributed by atoms with Crippen molar-refractivity contribution in [3.05, 3.63) is 102 Å². The predicted molar refractivity (Wildman–Crippen MR) is 139 cm³/mol. The van der Waals surface area contributed by atoms with E-state index in [1.807, 2.05) is 55.5 Å². The van der Waals surface area contributed by atoms with Gasteiger partial charge in [0.15, 0.2) is 5.76 Å². The van der Waals surface area contributed by atoms with Crippen LogP contribution >= 0.6 is 0 Å². The molecule has 4 heteroatoms. The van der Waals surface area contributed by atoms with Crippen LogP contribution in [0, 0.1) is 12.8 Å². The maximum absolute atomic E-state index is 11.5. The molecule has 35 heavy (non-hydrogen) atoms. The Bertz CT molecular complexity index is 1300. The van der Waals surface area contributed by atoms with E-state index in [1.165, 1.54) is 12.5 Å². The highest BCUT2D eigenvalue weighted by atomic mass is 16.5.